The summed E-state index contributed by atoms with van der Waals surface area (Å²) >= 11 is 0. The van der Waals surface area contributed by atoms with Crippen molar-refractivity contribution in [3.8, 4) is 5.75 Å². The number of rotatable bonds is 1. The number of benzene rings is 1. The first-order chi connectivity index (χ1) is 6.81. The van der Waals surface area contributed by atoms with Gasteiger partial charge in [-0.15, -0.1) is 0 Å². The fourth-order valence-corrected chi connectivity index (χ4v) is 1.71. The van der Waals surface area contributed by atoms with Crippen LogP contribution < -0.4 is 4.74 Å². The maximum Gasteiger partial charge on any atom is 0.119 e. The van der Waals surface area contributed by atoms with Gasteiger partial charge in [-0.2, -0.15) is 0 Å². The smallest absolute Gasteiger partial charge is 0.119 e. The Labute approximate surface area is 84.7 Å². The zero-order chi connectivity index (χ0) is 9.97. The van der Waals surface area contributed by atoms with E-state index >= 15 is 0 Å². The molecule has 0 radical (unpaired) electrons. The zero-order valence-corrected chi connectivity index (χ0v) is 8.58. The largest absolute Gasteiger partial charge is 0.497 e. The number of hydrogen-bond acceptors (Lipinski definition) is 1. The molecule has 1 aliphatic rings. The van der Waals surface area contributed by atoms with Crippen LogP contribution in [0.25, 0.3) is 11.6 Å². The Bertz CT molecular complexity index is 400. The van der Waals surface area contributed by atoms with Gasteiger partial charge >= 0.3 is 0 Å². The normalized spacial score (nSPS) is 14.3. The van der Waals surface area contributed by atoms with Gasteiger partial charge in [0.2, 0.25) is 0 Å². The van der Waals surface area contributed by atoms with Crippen LogP contribution in [0.4, 0.5) is 0 Å². The van der Waals surface area contributed by atoms with Crippen LogP contribution in [0.3, 0.4) is 0 Å². The van der Waals surface area contributed by atoms with E-state index in [1.54, 1.807) is 7.11 Å². The molecule has 1 heteroatoms. The lowest BCUT2D eigenvalue weighted by molar-refractivity contribution is 0.414. The maximum atomic E-state index is 5.20. The molecule has 0 spiro atoms. The fourth-order valence-electron chi connectivity index (χ4n) is 1.71. The minimum absolute atomic E-state index is 0.920. The minimum atomic E-state index is 0.920. The van der Waals surface area contributed by atoms with Gasteiger partial charge in [-0.3, -0.25) is 0 Å². The molecule has 0 bridgehead atoms. The molecule has 0 aliphatic heterocycles. The number of allylic oxidation sites excluding steroid dienone is 3. The van der Waals surface area contributed by atoms with Crippen LogP contribution in [-0.4, -0.2) is 7.11 Å². The highest BCUT2D eigenvalue weighted by Crippen LogP contribution is 2.27. The van der Waals surface area contributed by atoms with Gasteiger partial charge in [0.05, 0.1) is 7.11 Å². The number of methoxy groups -OCH3 is 1. The van der Waals surface area contributed by atoms with Crippen LogP contribution in [0.5, 0.6) is 5.75 Å². The summed E-state index contributed by atoms with van der Waals surface area (Å²) in [5.74, 6) is 0.920. The molecule has 72 valence electrons. The summed E-state index contributed by atoms with van der Waals surface area (Å²) in [6.45, 7) is 2.15. The van der Waals surface area contributed by atoms with Gasteiger partial charge in [-0.05, 0) is 42.2 Å². The first kappa shape index (κ1) is 9.07. The Morgan fingerprint density at radius 2 is 2.14 bits per heavy atom. The molecule has 1 aromatic rings. The molecular weight excluding hydrogens is 172 g/mol. The Hall–Kier alpha value is -1.50. The van der Waals surface area contributed by atoms with Crippen molar-refractivity contribution in [3.05, 3.63) is 41.5 Å². The molecular formula is C13H14O. The molecule has 1 nitrogen and oxygen atoms in total. The third kappa shape index (κ3) is 1.58. The summed E-state index contributed by atoms with van der Waals surface area (Å²) in [4.78, 5) is 0. The van der Waals surface area contributed by atoms with E-state index in [4.69, 9.17) is 4.74 Å². The van der Waals surface area contributed by atoms with Gasteiger partial charge in [-0.25, -0.2) is 0 Å². The maximum absolute atomic E-state index is 5.20. The third-order valence-corrected chi connectivity index (χ3v) is 2.54. The standard InChI is InChI=1S/C13H14O/c1-10-5-3-4-6-11-9-12(14-2)7-8-13(10)11/h4-9H,3H2,1-2H3. The molecule has 0 saturated heterocycles. The summed E-state index contributed by atoms with van der Waals surface area (Å²) in [6, 6.07) is 6.21. The molecule has 0 unspecified atom stereocenters. The van der Waals surface area contributed by atoms with Crippen LogP contribution in [-0.2, 0) is 0 Å². The van der Waals surface area contributed by atoms with Crippen LogP contribution in [0.15, 0.2) is 30.4 Å². The highest BCUT2D eigenvalue weighted by Gasteiger charge is 2.05. The molecule has 0 aromatic heterocycles. The molecule has 0 fully saturated rings. The highest BCUT2D eigenvalue weighted by molar-refractivity contribution is 5.75. The average Bonchev–Trinajstić information content (AvgIpc) is 2.40. The first-order valence-corrected chi connectivity index (χ1v) is 4.83. The summed E-state index contributed by atoms with van der Waals surface area (Å²) in [7, 11) is 1.70. The number of ether oxygens (including phenoxy) is 1. The molecule has 1 aromatic carbocycles. The van der Waals surface area contributed by atoms with E-state index in [0.29, 0.717) is 0 Å². The lowest BCUT2D eigenvalue weighted by Crippen LogP contribution is -1.88. The summed E-state index contributed by atoms with van der Waals surface area (Å²) in [6.07, 6.45) is 7.59. The van der Waals surface area contributed by atoms with Gasteiger partial charge in [0.15, 0.2) is 0 Å². The quantitative estimate of drug-likeness (QED) is 0.652. The van der Waals surface area contributed by atoms with Crippen molar-refractivity contribution in [1.29, 1.82) is 0 Å². The second-order valence-electron chi connectivity index (χ2n) is 3.48. The predicted octanol–water partition coefficient (Wildman–Crippen LogP) is 3.52. The van der Waals surface area contributed by atoms with Gasteiger partial charge in [0.1, 0.15) is 5.75 Å². The first-order valence-electron chi connectivity index (χ1n) is 4.83. The van der Waals surface area contributed by atoms with E-state index in [1.165, 1.54) is 16.7 Å². The van der Waals surface area contributed by atoms with Gasteiger partial charge < -0.3 is 4.74 Å². The molecule has 0 amide bonds. The SMILES string of the molecule is COc1ccc2c(c1)C=CCC=C2C. The number of fused-ring (bicyclic) bond motifs is 1. The van der Waals surface area contributed by atoms with E-state index in [0.717, 1.165) is 12.2 Å². The predicted molar refractivity (Wildman–Crippen MR) is 60.3 cm³/mol. The third-order valence-electron chi connectivity index (χ3n) is 2.54. The van der Waals surface area contributed by atoms with Crippen LogP contribution in [0, 0.1) is 0 Å². The second-order valence-corrected chi connectivity index (χ2v) is 3.48. The van der Waals surface area contributed by atoms with Gasteiger partial charge in [-0.1, -0.05) is 24.3 Å². The summed E-state index contributed by atoms with van der Waals surface area (Å²) in [5, 5.41) is 0. The zero-order valence-electron chi connectivity index (χ0n) is 8.58. The monoisotopic (exact) mass is 186 g/mol. The Kier molecular flexibility index (Phi) is 2.40. The van der Waals surface area contributed by atoms with Crippen molar-refractivity contribution in [2.24, 2.45) is 0 Å². The molecule has 2 rings (SSSR count). The number of hydrogen-bond donors (Lipinski definition) is 0. The Morgan fingerprint density at radius 1 is 1.29 bits per heavy atom. The van der Waals surface area contributed by atoms with Crippen LogP contribution in [0.1, 0.15) is 24.5 Å². The molecule has 14 heavy (non-hydrogen) atoms. The van der Waals surface area contributed by atoms with E-state index in [1.807, 2.05) is 6.07 Å². The van der Waals surface area contributed by atoms with Crippen molar-refractivity contribution < 1.29 is 4.74 Å². The molecule has 0 heterocycles. The van der Waals surface area contributed by atoms with E-state index < -0.39 is 0 Å². The second kappa shape index (κ2) is 3.70. The van der Waals surface area contributed by atoms with Crippen molar-refractivity contribution in [2.75, 3.05) is 7.11 Å². The Balaban J connectivity index is 2.55. The molecule has 0 atom stereocenters. The lowest BCUT2D eigenvalue weighted by Gasteiger charge is -2.07. The van der Waals surface area contributed by atoms with E-state index in [-0.39, 0.29) is 0 Å². The fraction of sp³-hybridized carbons (Fsp3) is 0.231. The molecule has 0 N–H and O–H groups in total. The Morgan fingerprint density at radius 3 is 2.93 bits per heavy atom. The van der Waals surface area contributed by atoms with Crippen molar-refractivity contribution in [1.82, 2.24) is 0 Å². The van der Waals surface area contributed by atoms with Crippen molar-refractivity contribution in [2.45, 2.75) is 13.3 Å². The topological polar surface area (TPSA) is 9.23 Å². The van der Waals surface area contributed by atoms with E-state index in [2.05, 4.69) is 37.3 Å². The summed E-state index contributed by atoms with van der Waals surface area (Å²) in [5.41, 5.74) is 3.89. The molecule has 1 aliphatic carbocycles. The van der Waals surface area contributed by atoms with E-state index in [9.17, 15) is 0 Å². The van der Waals surface area contributed by atoms with Crippen LogP contribution in [0.2, 0.25) is 0 Å². The van der Waals surface area contributed by atoms with Crippen molar-refractivity contribution >= 4 is 11.6 Å². The highest BCUT2D eigenvalue weighted by atomic mass is 16.5. The van der Waals surface area contributed by atoms with Gasteiger partial charge in [0, 0.05) is 0 Å². The molecule has 0 saturated carbocycles. The summed E-state index contributed by atoms with van der Waals surface area (Å²) < 4.78 is 5.20. The van der Waals surface area contributed by atoms with Crippen molar-refractivity contribution in [3.63, 3.8) is 0 Å². The average molecular weight is 186 g/mol. The minimum Gasteiger partial charge on any atom is -0.497 e. The lowest BCUT2D eigenvalue weighted by atomic mass is 10.0. The van der Waals surface area contributed by atoms with Crippen LogP contribution >= 0.6 is 0 Å². The van der Waals surface area contributed by atoms with Gasteiger partial charge in [0.25, 0.3) is 0 Å².